The van der Waals surface area contributed by atoms with Crippen LogP contribution in [0.15, 0.2) is 60.4 Å². The SMILES string of the molecule is CC/C(O)=C/C/C=C\C/C=C\C/C=C\C/C=C\CCCC(=O)O. The molecule has 3 heteroatoms. The molecule has 0 aliphatic heterocycles. The Labute approximate surface area is 140 Å². The van der Waals surface area contributed by atoms with Gasteiger partial charge in [-0.05, 0) is 44.6 Å². The van der Waals surface area contributed by atoms with Gasteiger partial charge in [-0.1, -0.05) is 55.5 Å². The van der Waals surface area contributed by atoms with Crippen LogP contribution in [0.5, 0.6) is 0 Å². The molecule has 0 saturated carbocycles. The summed E-state index contributed by atoms with van der Waals surface area (Å²) in [4.78, 5) is 10.3. The standard InChI is InChI=1S/C20H30O3/c1-2-19(21)17-15-13-11-9-7-5-3-4-6-8-10-12-14-16-18-20(22)23/h4-7,10-13,17,21H,2-3,8-9,14-16,18H2,1H3,(H,22,23)/b6-4-,7-5-,12-10-,13-11-,19-17-. The van der Waals surface area contributed by atoms with Gasteiger partial charge in [0.1, 0.15) is 0 Å². The molecule has 0 heterocycles. The van der Waals surface area contributed by atoms with Crippen LogP contribution >= 0.6 is 0 Å². The summed E-state index contributed by atoms with van der Waals surface area (Å²) in [7, 11) is 0. The first kappa shape index (κ1) is 21.0. The van der Waals surface area contributed by atoms with E-state index in [0.29, 0.717) is 18.6 Å². The van der Waals surface area contributed by atoms with Gasteiger partial charge in [0.15, 0.2) is 0 Å². The van der Waals surface area contributed by atoms with Crippen molar-refractivity contribution in [1.82, 2.24) is 0 Å². The van der Waals surface area contributed by atoms with Crippen molar-refractivity contribution in [1.29, 1.82) is 0 Å². The first-order chi connectivity index (χ1) is 11.2. The van der Waals surface area contributed by atoms with Crippen molar-refractivity contribution in [3.63, 3.8) is 0 Å². The van der Waals surface area contributed by atoms with Gasteiger partial charge in [-0.2, -0.15) is 0 Å². The summed E-state index contributed by atoms with van der Waals surface area (Å²) in [5.74, 6) is -0.276. The average molecular weight is 318 g/mol. The van der Waals surface area contributed by atoms with Gasteiger partial charge in [0.05, 0.1) is 5.76 Å². The van der Waals surface area contributed by atoms with Crippen LogP contribution in [0.3, 0.4) is 0 Å². The maximum absolute atomic E-state index is 10.3. The van der Waals surface area contributed by atoms with Crippen molar-refractivity contribution in [3.05, 3.63) is 60.4 Å². The lowest BCUT2D eigenvalue weighted by Gasteiger charge is -1.90. The van der Waals surface area contributed by atoms with Crippen LogP contribution in [0.2, 0.25) is 0 Å². The Hall–Kier alpha value is -2.03. The number of hydrogen-bond donors (Lipinski definition) is 2. The summed E-state index contributed by atoms with van der Waals surface area (Å²) in [6, 6.07) is 0. The summed E-state index contributed by atoms with van der Waals surface area (Å²) < 4.78 is 0. The number of aliphatic hydroxyl groups excluding tert-OH is 1. The topological polar surface area (TPSA) is 57.5 Å². The predicted molar refractivity (Wildman–Crippen MR) is 97.5 cm³/mol. The highest BCUT2D eigenvalue weighted by Crippen LogP contribution is 2.00. The fourth-order valence-corrected chi connectivity index (χ4v) is 1.75. The lowest BCUT2D eigenvalue weighted by atomic mass is 10.2. The number of carbonyl (C=O) groups is 1. The van der Waals surface area contributed by atoms with Crippen LogP contribution in [0.25, 0.3) is 0 Å². The molecule has 0 amide bonds. The highest BCUT2D eigenvalue weighted by atomic mass is 16.4. The van der Waals surface area contributed by atoms with Gasteiger partial charge in [-0.25, -0.2) is 0 Å². The maximum atomic E-state index is 10.3. The highest BCUT2D eigenvalue weighted by Gasteiger charge is 1.92. The van der Waals surface area contributed by atoms with Crippen molar-refractivity contribution in [2.45, 2.75) is 58.3 Å². The molecule has 128 valence electrons. The van der Waals surface area contributed by atoms with E-state index in [0.717, 1.165) is 32.1 Å². The van der Waals surface area contributed by atoms with E-state index in [-0.39, 0.29) is 6.42 Å². The maximum Gasteiger partial charge on any atom is 0.303 e. The molecule has 0 aromatic rings. The quantitative estimate of drug-likeness (QED) is 0.253. The van der Waals surface area contributed by atoms with Crippen molar-refractivity contribution < 1.29 is 15.0 Å². The Morgan fingerprint density at radius 1 is 0.783 bits per heavy atom. The van der Waals surface area contributed by atoms with E-state index in [9.17, 15) is 9.90 Å². The summed E-state index contributed by atoms with van der Waals surface area (Å²) in [6.07, 6.45) is 24.6. The third-order valence-corrected chi connectivity index (χ3v) is 3.10. The zero-order valence-electron chi connectivity index (χ0n) is 14.2. The number of allylic oxidation sites excluding steroid dienone is 10. The van der Waals surface area contributed by atoms with Crippen LogP contribution in [0.1, 0.15) is 58.3 Å². The molecule has 0 radical (unpaired) electrons. The third-order valence-electron chi connectivity index (χ3n) is 3.10. The van der Waals surface area contributed by atoms with Crippen LogP contribution in [0, 0.1) is 0 Å². The molecule has 0 atom stereocenters. The molecule has 0 saturated heterocycles. The van der Waals surface area contributed by atoms with Gasteiger partial charge in [0.2, 0.25) is 0 Å². The second-order valence-electron chi connectivity index (χ2n) is 5.16. The first-order valence-electron chi connectivity index (χ1n) is 8.36. The number of aliphatic hydroxyl groups is 1. The minimum Gasteiger partial charge on any atom is -0.513 e. The molecular weight excluding hydrogens is 288 g/mol. The Bertz CT molecular complexity index is 440. The highest BCUT2D eigenvalue weighted by molar-refractivity contribution is 5.66. The second-order valence-corrected chi connectivity index (χ2v) is 5.16. The van der Waals surface area contributed by atoms with Crippen molar-refractivity contribution in [2.75, 3.05) is 0 Å². The fourth-order valence-electron chi connectivity index (χ4n) is 1.75. The monoisotopic (exact) mass is 318 g/mol. The van der Waals surface area contributed by atoms with Crippen molar-refractivity contribution >= 4 is 5.97 Å². The summed E-state index contributed by atoms with van der Waals surface area (Å²) >= 11 is 0. The summed E-state index contributed by atoms with van der Waals surface area (Å²) in [6.45, 7) is 1.93. The molecule has 23 heavy (non-hydrogen) atoms. The zero-order chi connectivity index (χ0) is 17.2. The molecular formula is C20H30O3. The van der Waals surface area contributed by atoms with Gasteiger partial charge in [-0.3, -0.25) is 4.79 Å². The minimum absolute atomic E-state index is 0.246. The third kappa shape index (κ3) is 17.9. The Morgan fingerprint density at radius 2 is 1.26 bits per heavy atom. The lowest BCUT2D eigenvalue weighted by molar-refractivity contribution is -0.137. The molecule has 0 aliphatic carbocycles. The molecule has 0 bridgehead atoms. The molecule has 0 unspecified atom stereocenters. The van der Waals surface area contributed by atoms with Crippen LogP contribution < -0.4 is 0 Å². The normalized spacial score (nSPS) is 13.2. The van der Waals surface area contributed by atoms with E-state index in [1.807, 2.05) is 19.1 Å². The first-order valence-corrected chi connectivity index (χ1v) is 8.36. The number of hydrogen-bond acceptors (Lipinski definition) is 2. The Morgan fingerprint density at radius 3 is 1.74 bits per heavy atom. The second kappa shape index (κ2) is 16.3. The lowest BCUT2D eigenvalue weighted by Crippen LogP contribution is -1.92. The van der Waals surface area contributed by atoms with E-state index >= 15 is 0 Å². The zero-order valence-corrected chi connectivity index (χ0v) is 14.2. The molecule has 0 aromatic heterocycles. The predicted octanol–water partition coefficient (Wildman–Crippen LogP) is 5.88. The smallest absolute Gasteiger partial charge is 0.303 e. The molecule has 3 nitrogen and oxygen atoms in total. The van der Waals surface area contributed by atoms with E-state index in [2.05, 4.69) is 42.5 Å². The molecule has 0 aromatic carbocycles. The van der Waals surface area contributed by atoms with E-state index in [1.165, 1.54) is 0 Å². The Kier molecular flexibility index (Phi) is 14.9. The van der Waals surface area contributed by atoms with Crippen molar-refractivity contribution in [2.24, 2.45) is 0 Å². The summed E-state index contributed by atoms with van der Waals surface area (Å²) in [5.41, 5.74) is 0. The number of rotatable bonds is 13. The van der Waals surface area contributed by atoms with Crippen LogP contribution in [-0.2, 0) is 4.79 Å². The number of aliphatic carboxylic acids is 1. The Balaban J connectivity index is 3.53. The molecule has 2 N–H and O–H groups in total. The van der Waals surface area contributed by atoms with E-state index in [1.54, 1.807) is 0 Å². The molecule has 0 spiro atoms. The number of carboxylic acid groups (broad SMARTS) is 1. The minimum atomic E-state index is -0.726. The molecule has 0 fully saturated rings. The van der Waals surface area contributed by atoms with Gasteiger partial charge in [-0.15, -0.1) is 0 Å². The molecule has 0 rings (SSSR count). The summed E-state index contributed by atoms with van der Waals surface area (Å²) in [5, 5.41) is 17.8. The van der Waals surface area contributed by atoms with E-state index in [4.69, 9.17) is 5.11 Å². The van der Waals surface area contributed by atoms with E-state index < -0.39 is 5.97 Å². The van der Waals surface area contributed by atoms with Crippen LogP contribution in [0.4, 0.5) is 0 Å². The van der Waals surface area contributed by atoms with Crippen molar-refractivity contribution in [3.8, 4) is 0 Å². The van der Waals surface area contributed by atoms with Gasteiger partial charge in [0.25, 0.3) is 0 Å². The van der Waals surface area contributed by atoms with Gasteiger partial charge >= 0.3 is 5.97 Å². The average Bonchev–Trinajstić information content (AvgIpc) is 2.53. The fraction of sp³-hybridized carbons (Fsp3) is 0.450. The van der Waals surface area contributed by atoms with Crippen LogP contribution in [-0.4, -0.2) is 16.2 Å². The largest absolute Gasteiger partial charge is 0.513 e. The van der Waals surface area contributed by atoms with Gasteiger partial charge in [0, 0.05) is 12.8 Å². The number of carboxylic acids is 1. The number of unbranched alkanes of at least 4 members (excludes halogenated alkanes) is 1. The van der Waals surface area contributed by atoms with Gasteiger partial charge < -0.3 is 10.2 Å². The molecule has 0 aliphatic rings.